The third-order valence-corrected chi connectivity index (χ3v) is 5.15. The second-order valence-electron chi connectivity index (χ2n) is 6.71. The molecule has 146 valence electrons. The molecule has 3 rings (SSSR count). The first-order valence-electron chi connectivity index (χ1n) is 9.23. The Morgan fingerprint density at radius 1 is 0.889 bits per heavy atom. The fourth-order valence-corrected chi connectivity index (χ4v) is 3.51. The number of carbonyl (C=O) groups is 3. The lowest BCUT2D eigenvalue weighted by Gasteiger charge is -2.36. The first-order valence-corrected chi connectivity index (χ1v) is 9.60. The van der Waals surface area contributed by atoms with Crippen molar-refractivity contribution in [3.05, 3.63) is 34.9 Å². The summed E-state index contributed by atoms with van der Waals surface area (Å²) in [6.45, 7) is 3.52. The molecule has 7 nitrogen and oxygen atoms in total. The molecule has 0 radical (unpaired) electrons. The van der Waals surface area contributed by atoms with Gasteiger partial charge in [0.25, 0.3) is 0 Å². The molecular weight excluding hydrogens is 370 g/mol. The van der Waals surface area contributed by atoms with Crippen LogP contribution in [0.1, 0.15) is 12.0 Å². The summed E-state index contributed by atoms with van der Waals surface area (Å²) in [6.07, 6.45) is 1.04. The molecule has 0 N–H and O–H groups in total. The zero-order chi connectivity index (χ0) is 19.2. The SMILES string of the molecule is O=C(CCc1cccc(Cl)c1)N1CCN(C(=O)C(=O)N2CCOCC2)CC1. The lowest BCUT2D eigenvalue weighted by Crippen LogP contribution is -2.55. The van der Waals surface area contributed by atoms with Crippen LogP contribution in [0.2, 0.25) is 5.02 Å². The van der Waals surface area contributed by atoms with Crippen LogP contribution in [0.4, 0.5) is 0 Å². The molecule has 3 amide bonds. The first kappa shape index (κ1) is 19.6. The van der Waals surface area contributed by atoms with Gasteiger partial charge in [0.05, 0.1) is 13.2 Å². The number of rotatable bonds is 3. The van der Waals surface area contributed by atoms with Crippen molar-refractivity contribution in [3.63, 3.8) is 0 Å². The predicted octanol–water partition coefficient (Wildman–Crippen LogP) is 0.802. The van der Waals surface area contributed by atoms with Crippen molar-refractivity contribution in [3.8, 4) is 0 Å². The number of amides is 3. The van der Waals surface area contributed by atoms with Gasteiger partial charge >= 0.3 is 11.8 Å². The van der Waals surface area contributed by atoms with Crippen LogP contribution < -0.4 is 0 Å². The van der Waals surface area contributed by atoms with E-state index in [4.69, 9.17) is 16.3 Å². The van der Waals surface area contributed by atoms with Crippen molar-refractivity contribution in [2.45, 2.75) is 12.8 Å². The van der Waals surface area contributed by atoms with Crippen LogP contribution in [0.3, 0.4) is 0 Å². The van der Waals surface area contributed by atoms with E-state index in [1.165, 1.54) is 4.90 Å². The average Bonchev–Trinajstić information content (AvgIpc) is 2.72. The third kappa shape index (κ3) is 5.20. The number of nitrogens with zero attached hydrogens (tertiary/aromatic N) is 3. The lowest BCUT2D eigenvalue weighted by atomic mass is 10.1. The number of ether oxygens (including phenoxy) is 1. The zero-order valence-electron chi connectivity index (χ0n) is 15.2. The van der Waals surface area contributed by atoms with E-state index in [1.54, 1.807) is 15.9 Å². The Bertz CT molecular complexity index is 698. The normalized spacial score (nSPS) is 17.7. The quantitative estimate of drug-likeness (QED) is 0.712. The summed E-state index contributed by atoms with van der Waals surface area (Å²) in [5.74, 6) is -0.900. The van der Waals surface area contributed by atoms with Crippen LogP contribution in [0.15, 0.2) is 24.3 Å². The monoisotopic (exact) mass is 393 g/mol. The third-order valence-electron chi connectivity index (χ3n) is 4.92. The van der Waals surface area contributed by atoms with E-state index >= 15 is 0 Å². The van der Waals surface area contributed by atoms with Gasteiger partial charge in [-0.1, -0.05) is 23.7 Å². The fraction of sp³-hybridized carbons (Fsp3) is 0.526. The van der Waals surface area contributed by atoms with E-state index < -0.39 is 11.8 Å². The summed E-state index contributed by atoms with van der Waals surface area (Å²) in [5, 5.41) is 0.664. The summed E-state index contributed by atoms with van der Waals surface area (Å²) in [5.41, 5.74) is 1.03. The molecule has 0 saturated carbocycles. The topological polar surface area (TPSA) is 70.2 Å². The van der Waals surface area contributed by atoms with E-state index in [-0.39, 0.29) is 5.91 Å². The van der Waals surface area contributed by atoms with E-state index in [2.05, 4.69) is 0 Å². The van der Waals surface area contributed by atoms with Gasteiger partial charge in [-0.3, -0.25) is 14.4 Å². The van der Waals surface area contributed by atoms with Crippen molar-refractivity contribution >= 4 is 29.3 Å². The van der Waals surface area contributed by atoms with Crippen LogP contribution in [0.25, 0.3) is 0 Å². The molecule has 2 saturated heterocycles. The van der Waals surface area contributed by atoms with Crippen molar-refractivity contribution in [2.24, 2.45) is 0 Å². The van der Waals surface area contributed by atoms with E-state index in [0.717, 1.165) is 5.56 Å². The summed E-state index contributed by atoms with van der Waals surface area (Å²) in [4.78, 5) is 41.9. The Labute approximate surface area is 163 Å². The van der Waals surface area contributed by atoms with Crippen LogP contribution in [-0.4, -0.2) is 84.9 Å². The molecule has 1 aromatic carbocycles. The number of benzene rings is 1. The van der Waals surface area contributed by atoms with E-state index in [9.17, 15) is 14.4 Å². The molecule has 8 heteroatoms. The molecule has 2 aliphatic rings. The Morgan fingerprint density at radius 2 is 1.48 bits per heavy atom. The van der Waals surface area contributed by atoms with Gasteiger partial charge in [-0.2, -0.15) is 0 Å². The van der Waals surface area contributed by atoms with Gasteiger partial charge in [-0.15, -0.1) is 0 Å². The van der Waals surface area contributed by atoms with Crippen LogP contribution >= 0.6 is 11.6 Å². The Morgan fingerprint density at radius 3 is 2.11 bits per heavy atom. The second kappa shape index (κ2) is 9.19. The molecule has 0 aromatic heterocycles. The molecule has 0 unspecified atom stereocenters. The molecular formula is C19H24ClN3O4. The van der Waals surface area contributed by atoms with Gasteiger partial charge in [0.2, 0.25) is 5.91 Å². The Kier molecular flexibility index (Phi) is 6.68. The molecule has 2 fully saturated rings. The number of hydrogen-bond donors (Lipinski definition) is 0. The minimum atomic E-state index is -0.483. The Balaban J connectivity index is 1.44. The lowest BCUT2D eigenvalue weighted by molar-refractivity contribution is -0.155. The van der Waals surface area contributed by atoms with Crippen molar-refractivity contribution < 1.29 is 19.1 Å². The average molecular weight is 394 g/mol. The zero-order valence-corrected chi connectivity index (χ0v) is 16.0. The molecule has 0 spiro atoms. The summed E-state index contributed by atoms with van der Waals surface area (Å²) >= 11 is 5.97. The van der Waals surface area contributed by atoms with Crippen LogP contribution in [0, 0.1) is 0 Å². The van der Waals surface area contributed by atoms with Crippen LogP contribution in [-0.2, 0) is 25.5 Å². The van der Waals surface area contributed by atoms with Crippen molar-refractivity contribution in [1.82, 2.24) is 14.7 Å². The molecule has 27 heavy (non-hydrogen) atoms. The first-order chi connectivity index (χ1) is 13.0. The molecule has 0 bridgehead atoms. The summed E-state index contributed by atoms with van der Waals surface area (Å²) in [6, 6.07) is 7.50. The molecule has 2 aliphatic heterocycles. The minimum absolute atomic E-state index is 0.0570. The highest BCUT2D eigenvalue weighted by atomic mass is 35.5. The number of halogens is 1. The molecule has 2 heterocycles. The van der Waals surface area contributed by atoms with Gasteiger partial charge in [0, 0.05) is 50.7 Å². The number of morpholine rings is 1. The van der Waals surface area contributed by atoms with Gasteiger partial charge < -0.3 is 19.4 Å². The maximum atomic E-state index is 12.4. The summed E-state index contributed by atoms with van der Waals surface area (Å²) in [7, 11) is 0. The van der Waals surface area contributed by atoms with Gasteiger partial charge in [0.15, 0.2) is 0 Å². The second-order valence-corrected chi connectivity index (χ2v) is 7.14. The van der Waals surface area contributed by atoms with E-state index in [0.29, 0.717) is 70.3 Å². The largest absolute Gasteiger partial charge is 0.378 e. The maximum Gasteiger partial charge on any atom is 0.312 e. The smallest absolute Gasteiger partial charge is 0.312 e. The maximum absolute atomic E-state index is 12.4. The highest BCUT2D eigenvalue weighted by molar-refractivity contribution is 6.35. The van der Waals surface area contributed by atoms with Gasteiger partial charge in [-0.05, 0) is 24.1 Å². The van der Waals surface area contributed by atoms with Gasteiger partial charge in [0.1, 0.15) is 0 Å². The summed E-state index contributed by atoms with van der Waals surface area (Å²) < 4.78 is 5.21. The van der Waals surface area contributed by atoms with Crippen molar-refractivity contribution in [1.29, 1.82) is 0 Å². The number of carbonyl (C=O) groups excluding carboxylic acids is 3. The highest BCUT2D eigenvalue weighted by Gasteiger charge is 2.31. The highest BCUT2D eigenvalue weighted by Crippen LogP contribution is 2.13. The molecule has 0 atom stereocenters. The van der Waals surface area contributed by atoms with Gasteiger partial charge in [-0.25, -0.2) is 0 Å². The van der Waals surface area contributed by atoms with Crippen LogP contribution in [0.5, 0.6) is 0 Å². The Hall–Kier alpha value is -2.12. The number of aryl methyl sites for hydroxylation is 1. The van der Waals surface area contributed by atoms with E-state index in [1.807, 2.05) is 18.2 Å². The molecule has 1 aromatic rings. The number of piperazine rings is 1. The standard InChI is InChI=1S/C19H24ClN3O4/c20-16-3-1-2-15(14-16)4-5-17(24)21-6-8-22(9-7-21)18(25)19(26)23-10-12-27-13-11-23/h1-3,14H,4-13H2. The number of hydrogen-bond acceptors (Lipinski definition) is 4. The fourth-order valence-electron chi connectivity index (χ4n) is 3.30. The van der Waals surface area contributed by atoms with Crippen molar-refractivity contribution in [2.75, 3.05) is 52.5 Å². The predicted molar refractivity (Wildman–Crippen MR) is 100 cm³/mol. The molecule has 0 aliphatic carbocycles. The minimum Gasteiger partial charge on any atom is -0.378 e.